The first-order chi connectivity index (χ1) is 10.2. The summed E-state index contributed by atoms with van der Waals surface area (Å²) in [6, 6.07) is 0. The van der Waals surface area contributed by atoms with E-state index in [0.717, 1.165) is 34.6 Å². The molecule has 6 heteroatoms. The van der Waals surface area contributed by atoms with Gasteiger partial charge >= 0.3 is 0 Å². The van der Waals surface area contributed by atoms with Crippen molar-refractivity contribution in [1.82, 2.24) is 9.55 Å². The van der Waals surface area contributed by atoms with E-state index in [9.17, 15) is 4.79 Å². The summed E-state index contributed by atoms with van der Waals surface area (Å²) >= 11 is 3.14. The van der Waals surface area contributed by atoms with E-state index >= 15 is 0 Å². The number of fused-ring (bicyclic) bond motifs is 3. The van der Waals surface area contributed by atoms with Crippen molar-refractivity contribution in [1.29, 1.82) is 0 Å². The summed E-state index contributed by atoms with van der Waals surface area (Å²) in [7, 11) is 0. The first-order valence-electron chi connectivity index (χ1n) is 7.44. The van der Waals surface area contributed by atoms with Crippen LogP contribution in [-0.2, 0) is 19.4 Å². The third-order valence-electron chi connectivity index (χ3n) is 4.02. The van der Waals surface area contributed by atoms with Gasteiger partial charge in [-0.1, -0.05) is 18.7 Å². The average Bonchev–Trinajstić information content (AvgIpc) is 2.82. The van der Waals surface area contributed by atoms with Gasteiger partial charge in [0.15, 0.2) is 5.16 Å². The second kappa shape index (κ2) is 6.10. The quantitative estimate of drug-likeness (QED) is 0.694. The maximum atomic E-state index is 12.8. The predicted molar refractivity (Wildman–Crippen MR) is 88.6 cm³/mol. The Hall–Kier alpha value is -0.850. The van der Waals surface area contributed by atoms with Gasteiger partial charge in [-0.2, -0.15) is 0 Å². The third-order valence-corrected chi connectivity index (χ3v) is 6.12. The number of hydrogen-bond acceptors (Lipinski definition) is 5. The maximum Gasteiger partial charge on any atom is 0.263 e. The summed E-state index contributed by atoms with van der Waals surface area (Å²) < 4.78 is 1.74. The van der Waals surface area contributed by atoms with Crippen LogP contribution in [0.4, 0.5) is 0 Å². The van der Waals surface area contributed by atoms with Crippen LogP contribution in [0.5, 0.6) is 0 Å². The Morgan fingerprint density at radius 2 is 2.33 bits per heavy atom. The van der Waals surface area contributed by atoms with Crippen LogP contribution in [0.2, 0.25) is 0 Å². The fraction of sp³-hybridized carbons (Fsp3) is 0.600. The summed E-state index contributed by atoms with van der Waals surface area (Å²) in [4.78, 5) is 19.7. The van der Waals surface area contributed by atoms with E-state index in [0.29, 0.717) is 18.2 Å². The molecule has 0 amide bonds. The van der Waals surface area contributed by atoms with Crippen molar-refractivity contribution in [3.8, 4) is 0 Å². The molecule has 0 aliphatic heterocycles. The van der Waals surface area contributed by atoms with Gasteiger partial charge in [-0.05, 0) is 37.7 Å². The lowest BCUT2D eigenvalue weighted by molar-refractivity contribution is 0.322. The maximum absolute atomic E-state index is 12.8. The van der Waals surface area contributed by atoms with Gasteiger partial charge in [-0.15, -0.1) is 11.3 Å². The molecule has 1 aliphatic rings. The van der Waals surface area contributed by atoms with Gasteiger partial charge in [0.25, 0.3) is 5.56 Å². The van der Waals surface area contributed by atoms with Crippen LogP contribution in [0.1, 0.15) is 30.7 Å². The first kappa shape index (κ1) is 15.1. The molecule has 0 saturated heterocycles. The van der Waals surface area contributed by atoms with E-state index in [1.54, 1.807) is 15.9 Å². The molecule has 3 rings (SSSR count). The van der Waals surface area contributed by atoms with Gasteiger partial charge in [0.1, 0.15) is 4.83 Å². The summed E-state index contributed by atoms with van der Waals surface area (Å²) in [5.41, 5.74) is 1.33. The van der Waals surface area contributed by atoms with Crippen molar-refractivity contribution < 1.29 is 5.11 Å². The van der Waals surface area contributed by atoms with Gasteiger partial charge in [-0.25, -0.2) is 4.98 Å². The molecule has 114 valence electrons. The van der Waals surface area contributed by atoms with Crippen LogP contribution in [0.25, 0.3) is 10.2 Å². The van der Waals surface area contributed by atoms with Crippen molar-refractivity contribution in [3.05, 3.63) is 20.8 Å². The van der Waals surface area contributed by atoms with Crippen LogP contribution in [0, 0.1) is 5.92 Å². The average molecular weight is 324 g/mol. The fourth-order valence-electron chi connectivity index (χ4n) is 2.93. The Morgan fingerprint density at radius 3 is 3.05 bits per heavy atom. The van der Waals surface area contributed by atoms with Crippen molar-refractivity contribution >= 4 is 33.3 Å². The molecule has 0 spiro atoms. The van der Waals surface area contributed by atoms with Gasteiger partial charge < -0.3 is 5.11 Å². The number of thiophene rings is 1. The number of aromatic nitrogens is 2. The fourth-order valence-corrected chi connectivity index (χ4v) is 5.16. The molecule has 1 aliphatic carbocycles. The number of thioether (sulfide) groups is 1. The standard InChI is InChI=1S/C15H20N2O2S2/c1-3-17-14(19)12-10-5-4-9(2)8-11(10)21-13(12)16-15(17)20-7-6-18/h9,18H,3-8H2,1-2H3/t9-/m0/s1. The minimum absolute atomic E-state index is 0.0926. The van der Waals surface area contributed by atoms with E-state index < -0.39 is 0 Å². The second-order valence-electron chi connectivity index (χ2n) is 5.55. The number of aliphatic hydroxyl groups excluding tert-OH is 1. The van der Waals surface area contributed by atoms with E-state index in [4.69, 9.17) is 10.1 Å². The van der Waals surface area contributed by atoms with Crippen LogP contribution < -0.4 is 5.56 Å². The highest BCUT2D eigenvalue weighted by Gasteiger charge is 2.24. The number of hydrogen-bond donors (Lipinski definition) is 1. The smallest absolute Gasteiger partial charge is 0.263 e. The summed E-state index contributed by atoms with van der Waals surface area (Å²) in [5.74, 6) is 1.27. The lowest BCUT2D eigenvalue weighted by Crippen LogP contribution is -2.23. The zero-order valence-electron chi connectivity index (χ0n) is 12.4. The summed E-state index contributed by atoms with van der Waals surface area (Å²) in [5, 5.41) is 10.6. The zero-order valence-corrected chi connectivity index (χ0v) is 14.0. The zero-order chi connectivity index (χ0) is 15.0. The minimum Gasteiger partial charge on any atom is -0.396 e. The van der Waals surface area contributed by atoms with Crippen LogP contribution in [0.3, 0.4) is 0 Å². The second-order valence-corrected chi connectivity index (χ2v) is 7.69. The molecule has 0 aromatic carbocycles. The van der Waals surface area contributed by atoms with Gasteiger partial charge in [0.2, 0.25) is 0 Å². The summed E-state index contributed by atoms with van der Waals surface area (Å²) in [6.45, 7) is 4.96. The third kappa shape index (κ3) is 2.64. The number of aliphatic hydroxyl groups is 1. The van der Waals surface area contributed by atoms with E-state index in [1.807, 2.05) is 6.92 Å². The largest absolute Gasteiger partial charge is 0.396 e. The molecule has 2 aromatic heterocycles. The molecule has 2 heterocycles. The Kier molecular flexibility index (Phi) is 4.38. The number of rotatable bonds is 4. The SMILES string of the molecule is CCn1c(SCCO)nc2sc3c(c2c1=O)CC[C@H](C)C3. The van der Waals surface area contributed by atoms with Gasteiger partial charge in [0.05, 0.1) is 12.0 Å². The Bertz CT molecular complexity index is 721. The first-order valence-corrected chi connectivity index (χ1v) is 9.24. The number of aryl methyl sites for hydroxylation is 1. The molecule has 0 saturated carbocycles. The van der Waals surface area contributed by atoms with Crippen molar-refractivity contribution in [2.45, 2.75) is 44.8 Å². The monoisotopic (exact) mass is 324 g/mol. The Morgan fingerprint density at radius 1 is 1.52 bits per heavy atom. The molecule has 1 atom stereocenters. The highest BCUT2D eigenvalue weighted by molar-refractivity contribution is 7.99. The molecular formula is C15H20N2O2S2. The predicted octanol–water partition coefficient (Wildman–Crippen LogP) is 2.69. The molecule has 4 nitrogen and oxygen atoms in total. The lowest BCUT2D eigenvalue weighted by atomic mass is 9.89. The molecule has 1 N–H and O–H groups in total. The topological polar surface area (TPSA) is 55.1 Å². The van der Waals surface area contributed by atoms with E-state index in [2.05, 4.69) is 6.92 Å². The normalized spacial score (nSPS) is 18.1. The molecule has 2 aromatic rings. The van der Waals surface area contributed by atoms with Crippen molar-refractivity contribution in [2.75, 3.05) is 12.4 Å². The Labute approximate surface area is 132 Å². The molecule has 21 heavy (non-hydrogen) atoms. The van der Waals surface area contributed by atoms with Gasteiger partial charge in [-0.3, -0.25) is 9.36 Å². The van der Waals surface area contributed by atoms with Crippen molar-refractivity contribution in [3.63, 3.8) is 0 Å². The van der Waals surface area contributed by atoms with E-state index in [1.165, 1.54) is 22.2 Å². The van der Waals surface area contributed by atoms with Crippen LogP contribution in [0.15, 0.2) is 9.95 Å². The Balaban J connectivity index is 2.18. The summed E-state index contributed by atoms with van der Waals surface area (Å²) in [6.07, 6.45) is 3.23. The highest BCUT2D eigenvalue weighted by atomic mass is 32.2. The van der Waals surface area contributed by atoms with Crippen LogP contribution >= 0.6 is 23.1 Å². The number of nitrogens with zero attached hydrogens (tertiary/aromatic N) is 2. The van der Waals surface area contributed by atoms with Crippen LogP contribution in [-0.4, -0.2) is 27.0 Å². The van der Waals surface area contributed by atoms with Gasteiger partial charge in [0, 0.05) is 17.2 Å². The van der Waals surface area contributed by atoms with Crippen molar-refractivity contribution in [2.24, 2.45) is 5.92 Å². The molecule has 0 fully saturated rings. The molecule has 0 bridgehead atoms. The van der Waals surface area contributed by atoms with E-state index in [-0.39, 0.29) is 12.2 Å². The molecule has 0 unspecified atom stereocenters. The molecular weight excluding hydrogens is 304 g/mol. The minimum atomic E-state index is 0.0926. The molecule has 0 radical (unpaired) electrons. The lowest BCUT2D eigenvalue weighted by Gasteiger charge is -2.17. The highest BCUT2D eigenvalue weighted by Crippen LogP contribution is 2.36.